The summed E-state index contributed by atoms with van der Waals surface area (Å²) >= 11 is 0. The summed E-state index contributed by atoms with van der Waals surface area (Å²) in [5, 5.41) is 16.7. The van der Waals surface area contributed by atoms with Crippen molar-refractivity contribution in [3.8, 4) is 11.5 Å². The average Bonchev–Trinajstić information content (AvgIpc) is 2.96. The van der Waals surface area contributed by atoms with Gasteiger partial charge in [-0.25, -0.2) is 14.5 Å². The lowest BCUT2D eigenvalue weighted by molar-refractivity contribution is 0.0520. The fraction of sp³-hybridized carbons (Fsp3) is 0.455. The summed E-state index contributed by atoms with van der Waals surface area (Å²) in [4.78, 5) is 16.0. The van der Waals surface area contributed by atoms with Crippen molar-refractivity contribution in [1.29, 1.82) is 0 Å². The molecule has 0 aliphatic carbocycles. The third-order valence-corrected chi connectivity index (χ3v) is 2.55. The maximum absolute atomic E-state index is 11.9. The average molecular weight is 265 g/mol. The van der Waals surface area contributed by atoms with Gasteiger partial charge in [-0.3, -0.25) is 0 Å². The van der Waals surface area contributed by atoms with Gasteiger partial charge in [-0.2, -0.15) is 0 Å². The molecule has 0 aromatic carbocycles. The summed E-state index contributed by atoms with van der Waals surface area (Å²) in [6, 6.07) is 0. The molecular formula is C11H15N5O3. The molecule has 19 heavy (non-hydrogen) atoms. The summed E-state index contributed by atoms with van der Waals surface area (Å²) < 4.78 is 8.13. The standard InChI is InChI=1S/C11H15N5O3/c1-3-19-11(18)8-9(10-12-4-5-15(10)2)16(6-7-17)14-13-8/h4-5,17H,3,6-7H2,1-2H3. The Morgan fingerprint density at radius 3 is 2.89 bits per heavy atom. The molecule has 0 radical (unpaired) electrons. The molecule has 8 heteroatoms. The fourth-order valence-corrected chi connectivity index (χ4v) is 1.72. The molecule has 2 rings (SSSR count). The van der Waals surface area contributed by atoms with E-state index in [1.165, 1.54) is 4.68 Å². The minimum Gasteiger partial charge on any atom is -0.461 e. The molecule has 0 aliphatic heterocycles. The van der Waals surface area contributed by atoms with Crippen LogP contribution in [0.1, 0.15) is 17.4 Å². The van der Waals surface area contributed by atoms with Gasteiger partial charge in [0.2, 0.25) is 5.69 Å². The van der Waals surface area contributed by atoms with E-state index in [1.54, 1.807) is 30.9 Å². The van der Waals surface area contributed by atoms with Crippen LogP contribution >= 0.6 is 0 Å². The molecule has 8 nitrogen and oxygen atoms in total. The number of aliphatic hydroxyl groups is 1. The minimum atomic E-state index is -0.551. The highest BCUT2D eigenvalue weighted by Gasteiger charge is 2.24. The first kappa shape index (κ1) is 13.2. The zero-order valence-electron chi connectivity index (χ0n) is 10.8. The molecule has 0 unspecified atom stereocenters. The molecule has 2 aromatic rings. The Kier molecular flexibility index (Phi) is 3.91. The van der Waals surface area contributed by atoms with Crippen LogP contribution in [0.15, 0.2) is 12.4 Å². The van der Waals surface area contributed by atoms with E-state index in [-0.39, 0.29) is 25.5 Å². The molecule has 0 bridgehead atoms. The third-order valence-electron chi connectivity index (χ3n) is 2.55. The van der Waals surface area contributed by atoms with Crippen LogP contribution in [-0.2, 0) is 18.3 Å². The van der Waals surface area contributed by atoms with E-state index in [4.69, 9.17) is 9.84 Å². The van der Waals surface area contributed by atoms with Gasteiger partial charge in [-0.1, -0.05) is 5.21 Å². The van der Waals surface area contributed by atoms with Crippen molar-refractivity contribution >= 4 is 5.97 Å². The SMILES string of the molecule is CCOC(=O)c1nnn(CCO)c1-c1nccn1C. The van der Waals surface area contributed by atoms with Crippen LogP contribution in [0.25, 0.3) is 11.5 Å². The number of aryl methyl sites for hydroxylation is 1. The summed E-state index contributed by atoms with van der Waals surface area (Å²) in [5.41, 5.74) is 0.546. The van der Waals surface area contributed by atoms with Gasteiger partial charge in [0, 0.05) is 19.4 Å². The monoisotopic (exact) mass is 265 g/mol. The molecular weight excluding hydrogens is 250 g/mol. The lowest BCUT2D eigenvalue weighted by atomic mass is 10.3. The van der Waals surface area contributed by atoms with Gasteiger partial charge >= 0.3 is 5.97 Å². The second-order valence-corrected chi connectivity index (χ2v) is 3.82. The van der Waals surface area contributed by atoms with Crippen LogP contribution in [0.3, 0.4) is 0 Å². The Bertz CT molecular complexity index is 575. The number of rotatable bonds is 5. The summed E-state index contributed by atoms with van der Waals surface area (Å²) in [5.74, 6) is -0.00815. The van der Waals surface area contributed by atoms with Crippen LogP contribution in [0.2, 0.25) is 0 Å². The zero-order valence-corrected chi connectivity index (χ0v) is 10.8. The molecule has 0 fully saturated rings. The predicted octanol–water partition coefficient (Wildman–Crippen LogP) is -0.152. The van der Waals surface area contributed by atoms with Crippen molar-refractivity contribution in [2.45, 2.75) is 13.5 Å². The quantitative estimate of drug-likeness (QED) is 0.755. The number of hydrogen-bond acceptors (Lipinski definition) is 6. The number of imidazole rings is 1. The Morgan fingerprint density at radius 2 is 2.32 bits per heavy atom. The molecule has 0 aliphatic rings. The molecule has 1 N–H and O–H groups in total. The molecule has 0 saturated carbocycles. The number of esters is 1. The molecule has 2 aromatic heterocycles. The van der Waals surface area contributed by atoms with Crippen molar-refractivity contribution in [1.82, 2.24) is 24.5 Å². The molecule has 2 heterocycles. The topological polar surface area (TPSA) is 95.1 Å². The number of carbonyl (C=O) groups is 1. The fourth-order valence-electron chi connectivity index (χ4n) is 1.72. The molecule has 0 atom stereocenters. The van der Waals surface area contributed by atoms with Gasteiger partial charge < -0.3 is 14.4 Å². The van der Waals surface area contributed by atoms with Crippen molar-refractivity contribution in [3.05, 3.63) is 18.1 Å². The van der Waals surface area contributed by atoms with Gasteiger partial charge in [-0.15, -0.1) is 5.10 Å². The summed E-state index contributed by atoms with van der Waals surface area (Å²) in [6.07, 6.45) is 3.36. The molecule has 0 amide bonds. The van der Waals surface area contributed by atoms with Crippen molar-refractivity contribution in [3.63, 3.8) is 0 Å². The minimum absolute atomic E-state index is 0.101. The Morgan fingerprint density at radius 1 is 1.53 bits per heavy atom. The van der Waals surface area contributed by atoms with Crippen molar-refractivity contribution in [2.24, 2.45) is 7.05 Å². The first-order chi connectivity index (χ1) is 9.19. The van der Waals surface area contributed by atoms with E-state index in [0.717, 1.165) is 0 Å². The van der Waals surface area contributed by atoms with Gasteiger partial charge in [0.1, 0.15) is 5.69 Å². The van der Waals surface area contributed by atoms with Crippen LogP contribution in [0.4, 0.5) is 0 Å². The number of nitrogens with zero attached hydrogens (tertiary/aromatic N) is 5. The zero-order chi connectivity index (χ0) is 13.8. The van der Waals surface area contributed by atoms with Crippen molar-refractivity contribution in [2.75, 3.05) is 13.2 Å². The molecule has 0 spiro atoms. The lowest BCUT2D eigenvalue weighted by Crippen LogP contribution is -2.11. The first-order valence-electron chi connectivity index (χ1n) is 5.88. The number of aliphatic hydroxyl groups excluding tert-OH is 1. The molecule has 0 saturated heterocycles. The van der Waals surface area contributed by atoms with Crippen LogP contribution in [0.5, 0.6) is 0 Å². The normalized spacial score (nSPS) is 10.7. The first-order valence-corrected chi connectivity index (χ1v) is 5.88. The number of ether oxygens (including phenoxy) is 1. The van der Waals surface area contributed by atoms with Crippen LogP contribution in [-0.4, -0.2) is 48.8 Å². The third kappa shape index (κ3) is 2.48. The van der Waals surface area contributed by atoms with E-state index >= 15 is 0 Å². The highest BCUT2D eigenvalue weighted by molar-refractivity contribution is 5.93. The van der Waals surface area contributed by atoms with Gasteiger partial charge in [0.25, 0.3) is 0 Å². The maximum atomic E-state index is 11.9. The number of hydrogen-bond donors (Lipinski definition) is 1. The predicted molar refractivity (Wildman–Crippen MR) is 65.3 cm³/mol. The van der Waals surface area contributed by atoms with Gasteiger partial charge in [0.15, 0.2) is 5.82 Å². The maximum Gasteiger partial charge on any atom is 0.361 e. The Labute approximate surface area is 109 Å². The Hall–Kier alpha value is -2.22. The number of aromatic nitrogens is 5. The second-order valence-electron chi connectivity index (χ2n) is 3.82. The van der Waals surface area contributed by atoms with Gasteiger partial charge in [-0.05, 0) is 6.92 Å². The van der Waals surface area contributed by atoms with Crippen molar-refractivity contribution < 1.29 is 14.6 Å². The van der Waals surface area contributed by atoms with Gasteiger partial charge in [0.05, 0.1) is 19.8 Å². The van der Waals surface area contributed by atoms with Crippen LogP contribution < -0.4 is 0 Å². The van der Waals surface area contributed by atoms with E-state index in [0.29, 0.717) is 11.5 Å². The highest BCUT2D eigenvalue weighted by Crippen LogP contribution is 2.20. The van der Waals surface area contributed by atoms with E-state index < -0.39 is 5.97 Å². The Balaban J connectivity index is 2.51. The second kappa shape index (κ2) is 5.61. The number of carbonyl (C=O) groups excluding carboxylic acids is 1. The summed E-state index contributed by atoms with van der Waals surface area (Å²) in [6.45, 7) is 2.10. The smallest absolute Gasteiger partial charge is 0.361 e. The molecule has 102 valence electrons. The van der Waals surface area contributed by atoms with E-state index in [2.05, 4.69) is 15.3 Å². The van der Waals surface area contributed by atoms with Crippen LogP contribution in [0, 0.1) is 0 Å². The summed E-state index contributed by atoms with van der Waals surface area (Å²) in [7, 11) is 1.80. The lowest BCUT2D eigenvalue weighted by Gasteiger charge is -2.06. The van der Waals surface area contributed by atoms with E-state index in [1.807, 2.05) is 0 Å². The van der Waals surface area contributed by atoms with E-state index in [9.17, 15) is 4.79 Å². The highest BCUT2D eigenvalue weighted by atomic mass is 16.5. The largest absolute Gasteiger partial charge is 0.461 e.